The van der Waals surface area contributed by atoms with Gasteiger partial charge in [0.25, 0.3) is 0 Å². The first kappa shape index (κ1) is 14.3. The third-order valence-electron chi connectivity index (χ3n) is 4.88. The molecular weight excluding hydrogens is 244 g/mol. The highest BCUT2D eigenvalue weighted by Crippen LogP contribution is 2.36. The quantitative estimate of drug-likeness (QED) is 0.717. The summed E-state index contributed by atoms with van der Waals surface area (Å²) < 4.78 is 0. The van der Waals surface area contributed by atoms with Crippen molar-refractivity contribution in [3.8, 4) is 0 Å². The van der Waals surface area contributed by atoms with Crippen LogP contribution in [0, 0.1) is 11.3 Å². The third kappa shape index (κ3) is 2.76. The molecule has 1 aliphatic heterocycles. The lowest BCUT2D eigenvalue weighted by Gasteiger charge is -2.39. The third-order valence-corrected chi connectivity index (χ3v) is 4.88. The lowest BCUT2D eigenvalue weighted by atomic mass is 9.71. The minimum Gasteiger partial charge on any atom is -0.481 e. The van der Waals surface area contributed by atoms with Gasteiger partial charge >= 0.3 is 5.97 Å². The lowest BCUT2D eigenvalue weighted by Crippen LogP contribution is -2.54. The molecule has 0 aromatic carbocycles. The van der Waals surface area contributed by atoms with Gasteiger partial charge in [-0.05, 0) is 39.7 Å². The Morgan fingerprint density at radius 1 is 1.32 bits per heavy atom. The smallest absolute Gasteiger partial charge is 0.311 e. The Morgan fingerprint density at radius 2 is 2.05 bits per heavy atom. The Kier molecular flexibility index (Phi) is 4.13. The maximum absolute atomic E-state index is 12.3. The summed E-state index contributed by atoms with van der Waals surface area (Å²) in [5, 5.41) is 15.7. The van der Waals surface area contributed by atoms with Crippen molar-refractivity contribution in [3.05, 3.63) is 0 Å². The number of rotatable bonds is 3. The molecule has 1 saturated heterocycles. The van der Waals surface area contributed by atoms with Gasteiger partial charge in [-0.25, -0.2) is 0 Å². The van der Waals surface area contributed by atoms with E-state index in [9.17, 15) is 14.7 Å². The molecule has 0 radical (unpaired) electrons. The summed E-state index contributed by atoms with van der Waals surface area (Å²) in [6, 6.07) is -0.0567. The average Bonchev–Trinajstić information content (AvgIpc) is 2.78. The number of hydrogen-bond acceptors (Lipinski definition) is 3. The fraction of sp³-hybridized carbons (Fsp3) is 0.857. The molecule has 108 valence electrons. The molecule has 0 bridgehead atoms. The van der Waals surface area contributed by atoms with Crippen molar-refractivity contribution in [2.75, 3.05) is 6.54 Å². The van der Waals surface area contributed by atoms with E-state index in [2.05, 4.69) is 10.6 Å². The fourth-order valence-corrected chi connectivity index (χ4v) is 3.32. The van der Waals surface area contributed by atoms with E-state index in [-0.39, 0.29) is 23.9 Å². The molecule has 1 heterocycles. The Hall–Kier alpha value is -1.10. The van der Waals surface area contributed by atoms with Gasteiger partial charge in [0, 0.05) is 12.1 Å². The largest absolute Gasteiger partial charge is 0.481 e. The lowest BCUT2D eigenvalue weighted by molar-refractivity contribution is -0.152. The minimum atomic E-state index is -0.816. The Morgan fingerprint density at radius 3 is 2.63 bits per heavy atom. The molecule has 5 heteroatoms. The first-order valence-corrected chi connectivity index (χ1v) is 7.22. The summed E-state index contributed by atoms with van der Waals surface area (Å²) in [6.45, 7) is 4.63. The number of carbonyl (C=O) groups excluding carboxylic acids is 1. The molecule has 3 N–H and O–H groups in total. The van der Waals surface area contributed by atoms with Crippen LogP contribution in [-0.2, 0) is 9.59 Å². The zero-order chi connectivity index (χ0) is 14.0. The van der Waals surface area contributed by atoms with Gasteiger partial charge in [-0.1, -0.05) is 12.8 Å². The van der Waals surface area contributed by atoms with Crippen molar-refractivity contribution in [1.29, 1.82) is 0 Å². The average molecular weight is 268 g/mol. The van der Waals surface area contributed by atoms with Crippen molar-refractivity contribution >= 4 is 11.9 Å². The van der Waals surface area contributed by atoms with Gasteiger partial charge in [-0.3, -0.25) is 9.59 Å². The van der Waals surface area contributed by atoms with Crippen LogP contribution in [-0.4, -0.2) is 35.6 Å². The first-order chi connectivity index (χ1) is 8.95. The summed E-state index contributed by atoms with van der Waals surface area (Å²) in [5.74, 6) is -0.813. The molecule has 1 aliphatic carbocycles. The van der Waals surface area contributed by atoms with Gasteiger partial charge in [0.15, 0.2) is 0 Å². The number of nitrogens with one attached hydrogen (secondary N) is 2. The molecule has 4 atom stereocenters. The van der Waals surface area contributed by atoms with Gasteiger partial charge in [0.1, 0.15) is 0 Å². The topological polar surface area (TPSA) is 78.4 Å². The Bertz CT molecular complexity index is 372. The first-order valence-electron chi connectivity index (χ1n) is 7.22. The van der Waals surface area contributed by atoms with E-state index in [1.165, 1.54) is 0 Å². The molecule has 4 unspecified atom stereocenters. The summed E-state index contributed by atoms with van der Waals surface area (Å²) in [4.78, 5) is 23.8. The van der Waals surface area contributed by atoms with Gasteiger partial charge in [0.2, 0.25) is 5.91 Å². The van der Waals surface area contributed by atoms with E-state index in [4.69, 9.17) is 0 Å². The molecule has 2 rings (SSSR count). The summed E-state index contributed by atoms with van der Waals surface area (Å²) >= 11 is 0. The SMILES string of the molecule is CC1NCCC1C(=O)NC1CCCCC1(C)C(=O)O. The molecule has 0 aromatic rings. The second-order valence-corrected chi connectivity index (χ2v) is 6.17. The summed E-state index contributed by atoms with van der Waals surface area (Å²) in [5.41, 5.74) is -0.816. The van der Waals surface area contributed by atoms with Crippen LogP contribution in [0.15, 0.2) is 0 Å². The molecule has 1 amide bonds. The van der Waals surface area contributed by atoms with E-state index in [0.29, 0.717) is 6.42 Å². The Labute approximate surface area is 114 Å². The summed E-state index contributed by atoms with van der Waals surface area (Å²) in [7, 11) is 0. The highest BCUT2D eigenvalue weighted by molar-refractivity contribution is 5.82. The second-order valence-electron chi connectivity index (χ2n) is 6.17. The molecule has 19 heavy (non-hydrogen) atoms. The van der Waals surface area contributed by atoms with Crippen LogP contribution in [0.5, 0.6) is 0 Å². The van der Waals surface area contributed by atoms with Crippen molar-refractivity contribution in [2.45, 2.75) is 58.0 Å². The monoisotopic (exact) mass is 268 g/mol. The van der Waals surface area contributed by atoms with Crippen molar-refractivity contribution in [1.82, 2.24) is 10.6 Å². The van der Waals surface area contributed by atoms with Crippen LogP contribution in [0.3, 0.4) is 0 Å². The number of carboxylic acids is 1. The van der Waals surface area contributed by atoms with E-state index < -0.39 is 11.4 Å². The molecule has 0 aromatic heterocycles. The maximum Gasteiger partial charge on any atom is 0.311 e. The van der Waals surface area contributed by atoms with E-state index in [1.807, 2.05) is 6.92 Å². The number of aliphatic carboxylic acids is 1. The van der Waals surface area contributed by atoms with Crippen LogP contribution in [0.25, 0.3) is 0 Å². The number of amides is 1. The van der Waals surface area contributed by atoms with Crippen molar-refractivity contribution in [2.24, 2.45) is 11.3 Å². The van der Waals surface area contributed by atoms with E-state index in [0.717, 1.165) is 32.2 Å². The predicted molar refractivity (Wildman–Crippen MR) is 71.7 cm³/mol. The maximum atomic E-state index is 12.3. The van der Waals surface area contributed by atoms with E-state index >= 15 is 0 Å². The zero-order valence-electron chi connectivity index (χ0n) is 11.7. The molecule has 1 saturated carbocycles. The number of carboxylic acid groups (broad SMARTS) is 1. The van der Waals surface area contributed by atoms with Crippen LogP contribution in [0.4, 0.5) is 0 Å². The number of carbonyl (C=O) groups is 2. The van der Waals surface area contributed by atoms with Crippen LogP contribution < -0.4 is 10.6 Å². The number of hydrogen-bond donors (Lipinski definition) is 3. The molecular formula is C14H24N2O3. The van der Waals surface area contributed by atoms with Crippen LogP contribution in [0.1, 0.15) is 46.0 Å². The molecule has 2 fully saturated rings. The highest BCUT2D eigenvalue weighted by Gasteiger charge is 2.44. The zero-order valence-corrected chi connectivity index (χ0v) is 11.7. The van der Waals surface area contributed by atoms with Crippen molar-refractivity contribution < 1.29 is 14.7 Å². The van der Waals surface area contributed by atoms with Gasteiger partial charge in [0.05, 0.1) is 11.3 Å². The van der Waals surface area contributed by atoms with E-state index in [1.54, 1.807) is 6.92 Å². The molecule has 5 nitrogen and oxygen atoms in total. The normalized spacial score (nSPS) is 38.9. The van der Waals surface area contributed by atoms with Gasteiger partial charge < -0.3 is 15.7 Å². The van der Waals surface area contributed by atoms with Crippen LogP contribution >= 0.6 is 0 Å². The fourth-order valence-electron chi connectivity index (χ4n) is 3.32. The molecule has 2 aliphatic rings. The standard InChI is InChI=1S/C14H24N2O3/c1-9-10(6-8-15-9)12(17)16-11-5-3-4-7-14(11,2)13(18)19/h9-11,15H,3-8H2,1-2H3,(H,16,17)(H,18,19). The Balaban J connectivity index is 2.03. The van der Waals surface area contributed by atoms with Crippen molar-refractivity contribution in [3.63, 3.8) is 0 Å². The van der Waals surface area contributed by atoms with Gasteiger partial charge in [-0.15, -0.1) is 0 Å². The molecule has 0 spiro atoms. The van der Waals surface area contributed by atoms with Crippen LogP contribution in [0.2, 0.25) is 0 Å². The second kappa shape index (κ2) is 5.49. The summed E-state index contributed by atoms with van der Waals surface area (Å²) in [6.07, 6.45) is 4.17. The van der Waals surface area contributed by atoms with Gasteiger partial charge in [-0.2, -0.15) is 0 Å². The minimum absolute atomic E-state index is 0.0110. The highest BCUT2D eigenvalue weighted by atomic mass is 16.4. The predicted octanol–water partition coefficient (Wildman–Crippen LogP) is 1.13.